The van der Waals surface area contributed by atoms with Gasteiger partial charge in [0.2, 0.25) is 0 Å². The Morgan fingerprint density at radius 1 is 0.808 bits per heavy atom. The van der Waals surface area contributed by atoms with E-state index in [4.69, 9.17) is 4.74 Å². The van der Waals surface area contributed by atoms with Gasteiger partial charge in [0.1, 0.15) is 5.78 Å². The molecule has 0 spiro atoms. The van der Waals surface area contributed by atoms with E-state index in [9.17, 15) is 9.59 Å². The molecule has 0 aromatic rings. The van der Waals surface area contributed by atoms with Gasteiger partial charge in [-0.25, -0.2) is 0 Å². The molecule has 0 rings (SSSR count). The first kappa shape index (κ1) is 25.1. The van der Waals surface area contributed by atoms with Gasteiger partial charge in [-0.2, -0.15) is 0 Å². The Labute approximate surface area is 162 Å². The van der Waals surface area contributed by atoms with Crippen molar-refractivity contribution in [2.24, 2.45) is 22.2 Å². The summed E-state index contributed by atoms with van der Waals surface area (Å²) in [5.41, 5.74) is -0.0534. The lowest BCUT2D eigenvalue weighted by Gasteiger charge is -2.30. The number of rotatable bonds is 9. The van der Waals surface area contributed by atoms with Crippen LogP contribution in [0.15, 0.2) is 0 Å². The van der Waals surface area contributed by atoms with Crippen LogP contribution >= 0.6 is 0 Å². The second-order valence-corrected chi connectivity index (χ2v) is 11.4. The first-order valence-electron chi connectivity index (χ1n) is 10.2. The van der Waals surface area contributed by atoms with Crippen LogP contribution in [-0.2, 0) is 14.3 Å². The Morgan fingerprint density at radius 2 is 1.27 bits per heavy atom. The molecule has 0 aliphatic heterocycles. The fourth-order valence-corrected chi connectivity index (χ4v) is 3.16. The zero-order valence-electron chi connectivity index (χ0n) is 19.1. The summed E-state index contributed by atoms with van der Waals surface area (Å²) >= 11 is 0. The SMILES string of the molecule is CC(CCCCC(=O)C(C)(C)C)OC(=O)C(CC(C)(C)C)CC(C)(C)C. The van der Waals surface area contributed by atoms with Crippen molar-refractivity contribution in [2.45, 2.75) is 114 Å². The Kier molecular flexibility index (Phi) is 9.57. The normalized spacial score (nSPS) is 14.4. The highest BCUT2D eigenvalue weighted by atomic mass is 16.5. The standard InChI is InChI=1S/C23H44O3/c1-17(13-11-12-14-19(24)23(8,9)10)26-20(25)18(15-21(2,3)4)16-22(5,6)7/h17-18H,11-16H2,1-10H3. The van der Waals surface area contributed by atoms with E-state index in [2.05, 4.69) is 41.5 Å². The van der Waals surface area contributed by atoms with Crippen LogP contribution < -0.4 is 0 Å². The van der Waals surface area contributed by atoms with Crippen molar-refractivity contribution in [3.8, 4) is 0 Å². The van der Waals surface area contributed by atoms with Gasteiger partial charge in [-0.1, -0.05) is 62.3 Å². The maximum absolute atomic E-state index is 12.7. The van der Waals surface area contributed by atoms with Crippen LogP contribution in [0.25, 0.3) is 0 Å². The molecule has 154 valence electrons. The van der Waals surface area contributed by atoms with E-state index < -0.39 is 0 Å². The molecule has 0 bridgehead atoms. The lowest BCUT2D eigenvalue weighted by Crippen LogP contribution is -2.29. The molecule has 3 heteroatoms. The van der Waals surface area contributed by atoms with E-state index >= 15 is 0 Å². The average Bonchev–Trinajstić information content (AvgIpc) is 2.38. The molecule has 0 N–H and O–H groups in total. The fraction of sp³-hybridized carbons (Fsp3) is 0.913. The van der Waals surface area contributed by atoms with Crippen LogP contribution in [0.5, 0.6) is 0 Å². The summed E-state index contributed by atoms with van der Waals surface area (Å²) < 4.78 is 5.75. The second kappa shape index (κ2) is 9.90. The quantitative estimate of drug-likeness (QED) is 0.341. The summed E-state index contributed by atoms with van der Waals surface area (Å²) in [5, 5.41) is 0. The molecular weight excluding hydrogens is 324 g/mol. The first-order chi connectivity index (χ1) is 11.5. The molecular formula is C23H44O3. The second-order valence-electron chi connectivity index (χ2n) is 11.4. The van der Waals surface area contributed by atoms with Crippen molar-refractivity contribution >= 4 is 11.8 Å². The van der Waals surface area contributed by atoms with Crippen LogP contribution in [0.4, 0.5) is 0 Å². The predicted octanol–water partition coefficient (Wildman–Crippen LogP) is 6.58. The summed E-state index contributed by atoms with van der Waals surface area (Å²) in [7, 11) is 0. The zero-order valence-corrected chi connectivity index (χ0v) is 19.1. The molecule has 26 heavy (non-hydrogen) atoms. The molecule has 0 aliphatic carbocycles. The molecule has 1 atom stereocenters. The number of unbranched alkanes of at least 4 members (excludes halogenated alkanes) is 1. The molecule has 0 heterocycles. The van der Waals surface area contributed by atoms with Crippen molar-refractivity contribution in [3.63, 3.8) is 0 Å². The number of esters is 1. The summed E-state index contributed by atoms with van der Waals surface area (Å²) in [6.45, 7) is 20.9. The Morgan fingerprint density at radius 3 is 1.65 bits per heavy atom. The van der Waals surface area contributed by atoms with E-state index in [1.807, 2.05) is 27.7 Å². The smallest absolute Gasteiger partial charge is 0.309 e. The van der Waals surface area contributed by atoms with Crippen molar-refractivity contribution in [1.29, 1.82) is 0 Å². The minimum absolute atomic E-state index is 0.0556. The number of hydrogen-bond donors (Lipinski definition) is 0. The van der Waals surface area contributed by atoms with Gasteiger partial charge in [-0.15, -0.1) is 0 Å². The molecule has 0 aliphatic rings. The Bertz CT molecular complexity index is 428. The van der Waals surface area contributed by atoms with Gasteiger partial charge < -0.3 is 4.74 Å². The van der Waals surface area contributed by atoms with E-state index in [1.54, 1.807) is 0 Å². The average molecular weight is 369 g/mol. The van der Waals surface area contributed by atoms with E-state index in [1.165, 1.54) is 0 Å². The molecule has 0 amide bonds. The van der Waals surface area contributed by atoms with Gasteiger partial charge >= 0.3 is 5.97 Å². The van der Waals surface area contributed by atoms with Crippen LogP contribution in [0.1, 0.15) is 108 Å². The number of ether oxygens (including phenoxy) is 1. The molecule has 3 nitrogen and oxygen atoms in total. The maximum atomic E-state index is 12.7. The zero-order chi connectivity index (χ0) is 20.8. The van der Waals surface area contributed by atoms with Gasteiger partial charge in [0.25, 0.3) is 0 Å². The number of carbonyl (C=O) groups is 2. The van der Waals surface area contributed by atoms with Crippen molar-refractivity contribution in [2.75, 3.05) is 0 Å². The minimum atomic E-state index is -0.259. The van der Waals surface area contributed by atoms with E-state index in [0.717, 1.165) is 32.1 Å². The van der Waals surface area contributed by atoms with Gasteiger partial charge in [0.05, 0.1) is 12.0 Å². The third-order valence-electron chi connectivity index (χ3n) is 4.47. The molecule has 1 unspecified atom stereocenters. The highest BCUT2D eigenvalue weighted by molar-refractivity contribution is 5.83. The number of carbonyl (C=O) groups excluding carboxylic acids is 2. The Balaban J connectivity index is 4.48. The van der Waals surface area contributed by atoms with Crippen LogP contribution in [-0.4, -0.2) is 17.9 Å². The van der Waals surface area contributed by atoms with Crippen molar-refractivity contribution in [3.05, 3.63) is 0 Å². The first-order valence-corrected chi connectivity index (χ1v) is 10.2. The lowest BCUT2D eigenvalue weighted by atomic mass is 9.77. The molecule has 0 radical (unpaired) electrons. The summed E-state index contributed by atoms with van der Waals surface area (Å²) in [6.07, 6.45) is 4.81. The van der Waals surface area contributed by atoms with Gasteiger partial charge in [-0.3, -0.25) is 9.59 Å². The Hall–Kier alpha value is -0.860. The summed E-state index contributed by atoms with van der Waals surface area (Å²) in [5.74, 6) is 0.186. The maximum Gasteiger partial charge on any atom is 0.309 e. The van der Waals surface area contributed by atoms with Gasteiger partial charge in [0.15, 0.2) is 0 Å². The minimum Gasteiger partial charge on any atom is -0.462 e. The predicted molar refractivity (Wildman–Crippen MR) is 110 cm³/mol. The number of Topliss-reactive ketones (excluding diaryl/α,β-unsaturated/α-hetero) is 1. The fourth-order valence-electron chi connectivity index (χ4n) is 3.16. The summed E-state index contributed by atoms with van der Waals surface area (Å²) in [6, 6.07) is 0. The number of ketones is 1. The van der Waals surface area contributed by atoms with Crippen LogP contribution in [0, 0.1) is 22.2 Å². The van der Waals surface area contributed by atoms with Gasteiger partial charge in [0, 0.05) is 11.8 Å². The summed E-state index contributed by atoms with van der Waals surface area (Å²) in [4.78, 5) is 24.7. The molecule has 0 aromatic carbocycles. The highest BCUT2D eigenvalue weighted by Gasteiger charge is 2.31. The van der Waals surface area contributed by atoms with Crippen LogP contribution in [0.3, 0.4) is 0 Å². The lowest BCUT2D eigenvalue weighted by molar-refractivity contribution is -0.156. The van der Waals surface area contributed by atoms with Crippen molar-refractivity contribution in [1.82, 2.24) is 0 Å². The molecule has 0 saturated carbocycles. The topological polar surface area (TPSA) is 43.4 Å². The molecule has 0 aromatic heterocycles. The van der Waals surface area contributed by atoms with Crippen LogP contribution in [0.2, 0.25) is 0 Å². The largest absolute Gasteiger partial charge is 0.462 e. The molecule has 0 saturated heterocycles. The highest BCUT2D eigenvalue weighted by Crippen LogP contribution is 2.34. The monoisotopic (exact) mass is 368 g/mol. The third kappa shape index (κ3) is 12.5. The van der Waals surface area contributed by atoms with Gasteiger partial charge in [-0.05, 0) is 49.9 Å². The van der Waals surface area contributed by atoms with Crippen molar-refractivity contribution < 1.29 is 14.3 Å². The third-order valence-corrected chi connectivity index (χ3v) is 4.47. The van der Waals surface area contributed by atoms with E-state index in [-0.39, 0.29) is 34.2 Å². The van der Waals surface area contributed by atoms with E-state index in [0.29, 0.717) is 12.2 Å². The molecule has 0 fully saturated rings. The number of hydrogen-bond acceptors (Lipinski definition) is 3.